The lowest BCUT2D eigenvalue weighted by molar-refractivity contribution is 0.0621. The number of piperazine rings is 1. The second-order valence-electron chi connectivity index (χ2n) is 7.06. The summed E-state index contributed by atoms with van der Waals surface area (Å²) < 4.78 is 5.76. The maximum absolute atomic E-state index is 12.8. The van der Waals surface area contributed by atoms with Crippen LogP contribution < -0.4 is 0 Å². The average Bonchev–Trinajstić information content (AvgIpc) is 3.12. The number of carbonyl (C=O) groups excluding carboxylic acids is 1. The Morgan fingerprint density at radius 2 is 1.81 bits per heavy atom. The van der Waals surface area contributed by atoms with Crippen molar-refractivity contribution < 1.29 is 9.21 Å². The minimum Gasteiger partial charge on any atom is -0.451 e. The van der Waals surface area contributed by atoms with Gasteiger partial charge in [-0.3, -0.25) is 9.69 Å². The molecule has 1 aliphatic heterocycles. The van der Waals surface area contributed by atoms with Crippen LogP contribution in [0.5, 0.6) is 0 Å². The van der Waals surface area contributed by atoms with Gasteiger partial charge in [0.1, 0.15) is 5.58 Å². The molecule has 1 aromatic heterocycles. The van der Waals surface area contributed by atoms with Crippen LogP contribution in [0.2, 0.25) is 0 Å². The summed E-state index contributed by atoms with van der Waals surface area (Å²) in [6.45, 7) is 6.16. The van der Waals surface area contributed by atoms with Crippen molar-refractivity contribution in [2.75, 3.05) is 32.7 Å². The highest BCUT2D eigenvalue weighted by Crippen LogP contribution is 2.22. The summed E-state index contributed by atoms with van der Waals surface area (Å²) in [5.41, 5.74) is 3.15. The SMILES string of the molecule is Cc1ccc2oc(C(=O)N3CCN(C/C=C/c4ccccc4)CC3)cc2c1. The first-order chi connectivity index (χ1) is 13.2. The topological polar surface area (TPSA) is 36.7 Å². The fourth-order valence-corrected chi connectivity index (χ4v) is 3.46. The molecule has 4 nitrogen and oxygen atoms in total. The molecule has 0 spiro atoms. The Morgan fingerprint density at radius 1 is 1.04 bits per heavy atom. The van der Waals surface area contributed by atoms with Crippen molar-refractivity contribution in [2.45, 2.75) is 6.92 Å². The average molecular weight is 360 g/mol. The molecule has 0 radical (unpaired) electrons. The highest BCUT2D eigenvalue weighted by atomic mass is 16.3. The molecule has 1 saturated heterocycles. The molecule has 0 saturated carbocycles. The lowest BCUT2D eigenvalue weighted by Crippen LogP contribution is -2.48. The van der Waals surface area contributed by atoms with Gasteiger partial charge in [-0.2, -0.15) is 0 Å². The summed E-state index contributed by atoms with van der Waals surface area (Å²) >= 11 is 0. The maximum atomic E-state index is 12.8. The molecule has 27 heavy (non-hydrogen) atoms. The Bertz CT molecular complexity index is 951. The van der Waals surface area contributed by atoms with E-state index < -0.39 is 0 Å². The Hall–Kier alpha value is -2.85. The fourth-order valence-electron chi connectivity index (χ4n) is 3.46. The van der Waals surface area contributed by atoms with E-state index in [0.29, 0.717) is 5.76 Å². The van der Waals surface area contributed by atoms with Crippen LogP contribution in [0.1, 0.15) is 21.7 Å². The van der Waals surface area contributed by atoms with Gasteiger partial charge in [-0.25, -0.2) is 0 Å². The summed E-state index contributed by atoms with van der Waals surface area (Å²) in [5, 5.41) is 0.989. The molecule has 0 aliphatic carbocycles. The number of aryl methyl sites for hydroxylation is 1. The quantitative estimate of drug-likeness (QED) is 0.699. The van der Waals surface area contributed by atoms with Gasteiger partial charge < -0.3 is 9.32 Å². The predicted molar refractivity (Wildman–Crippen MR) is 109 cm³/mol. The minimum atomic E-state index is -0.0108. The van der Waals surface area contributed by atoms with Crippen LogP contribution in [0.4, 0.5) is 0 Å². The smallest absolute Gasteiger partial charge is 0.289 e. The summed E-state index contributed by atoms with van der Waals surface area (Å²) in [5.74, 6) is 0.427. The predicted octanol–water partition coefficient (Wildman–Crippen LogP) is 4.21. The van der Waals surface area contributed by atoms with Gasteiger partial charge in [0.2, 0.25) is 0 Å². The number of furan rings is 1. The Balaban J connectivity index is 1.33. The van der Waals surface area contributed by atoms with Crippen LogP contribution >= 0.6 is 0 Å². The van der Waals surface area contributed by atoms with Crippen LogP contribution in [0.15, 0.2) is 65.1 Å². The van der Waals surface area contributed by atoms with E-state index in [4.69, 9.17) is 4.42 Å². The molecule has 2 aromatic carbocycles. The van der Waals surface area contributed by atoms with Crippen molar-refractivity contribution in [1.29, 1.82) is 0 Å². The van der Waals surface area contributed by atoms with Gasteiger partial charge in [-0.05, 0) is 30.7 Å². The summed E-state index contributed by atoms with van der Waals surface area (Å²) in [7, 11) is 0. The third-order valence-electron chi connectivity index (χ3n) is 5.02. The van der Waals surface area contributed by atoms with Crippen LogP contribution in [0.3, 0.4) is 0 Å². The molecular weight excluding hydrogens is 336 g/mol. The van der Waals surface area contributed by atoms with Gasteiger partial charge in [-0.1, -0.05) is 54.1 Å². The van der Waals surface area contributed by atoms with E-state index in [2.05, 4.69) is 29.2 Å². The summed E-state index contributed by atoms with van der Waals surface area (Å²) in [6, 6.07) is 18.2. The van der Waals surface area contributed by atoms with Crippen molar-refractivity contribution in [3.8, 4) is 0 Å². The molecule has 1 aliphatic rings. The zero-order chi connectivity index (χ0) is 18.6. The van der Waals surface area contributed by atoms with E-state index >= 15 is 0 Å². The second kappa shape index (κ2) is 7.80. The normalized spacial score (nSPS) is 15.7. The molecule has 1 amide bonds. The monoisotopic (exact) mass is 360 g/mol. The number of rotatable bonds is 4. The van der Waals surface area contributed by atoms with Crippen molar-refractivity contribution in [3.63, 3.8) is 0 Å². The number of amides is 1. The molecule has 1 fully saturated rings. The van der Waals surface area contributed by atoms with Crippen LogP contribution in [0, 0.1) is 6.92 Å². The van der Waals surface area contributed by atoms with Crippen molar-refractivity contribution >= 4 is 23.0 Å². The van der Waals surface area contributed by atoms with E-state index in [9.17, 15) is 4.79 Å². The molecule has 4 rings (SSSR count). The van der Waals surface area contributed by atoms with Gasteiger partial charge in [-0.15, -0.1) is 0 Å². The van der Waals surface area contributed by atoms with E-state index in [-0.39, 0.29) is 5.91 Å². The fraction of sp³-hybridized carbons (Fsp3) is 0.261. The zero-order valence-corrected chi connectivity index (χ0v) is 15.6. The molecular formula is C23H24N2O2. The standard InChI is InChI=1S/C23H24N2O2/c1-18-9-10-21-20(16-18)17-22(27-21)23(26)25-14-12-24(13-15-25)11-5-8-19-6-3-2-4-7-19/h2-10,16-17H,11-15H2,1H3/b8-5+. The Labute approximate surface area is 159 Å². The summed E-state index contributed by atoms with van der Waals surface area (Å²) in [6.07, 6.45) is 4.34. The first kappa shape index (κ1) is 17.6. The highest BCUT2D eigenvalue weighted by molar-refractivity contribution is 5.96. The van der Waals surface area contributed by atoms with E-state index in [0.717, 1.165) is 43.7 Å². The number of nitrogens with zero attached hydrogens (tertiary/aromatic N) is 2. The molecule has 2 heterocycles. The number of carbonyl (C=O) groups is 1. The lowest BCUT2D eigenvalue weighted by atomic mass is 10.2. The minimum absolute atomic E-state index is 0.0108. The zero-order valence-electron chi connectivity index (χ0n) is 15.6. The van der Waals surface area contributed by atoms with E-state index in [1.807, 2.05) is 54.3 Å². The van der Waals surface area contributed by atoms with Crippen molar-refractivity contribution in [2.24, 2.45) is 0 Å². The van der Waals surface area contributed by atoms with Gasteiger partial charge in [0, 0.05) is 38.1 Å². The van der Waals surface area contributed by atoms with Crippen LogP contribution in [-0.2, 0) is 0 Å². The molecule has 0 N–H and O–H groups in total. The molecule has 3 aromatic rings. The van der Waals surface area contributed by atoms with Gasteiger partial charge in [0.15, 0.2) is 5.76 Å². The lowest BCUT2D eigenvalue weighted by Gasteiger charge is -2.33. The first-order valence-corrected chi connectivity index (χ1v) is 9.42. The van der Waals surface area contributed by atoms with Crippen LogP contribution in [-0.4, -0.2) is 48.4 Å². The Morgan fingerprint density at radius 3 is 2.59 bits per heavy atom. The number of hydrogen-bond donors (Lipinski definition) is 0. The van der Waals surface area contributed by atoms with Crippen molar-refractivity contribution in [1.82, 2.24) is 9.80 Å². The van der Waals surface area contributed by atoms with Gasteiger partial charge >= 0.3 is 0 Å². The third-order valence-corrected chi connectivity index (χ3v) is 5.02. The molecule has 138 valence electrons. The molecule has 0 bridgehead atoms. The Kier molecular flexibility index (Phi) is 5.07. The maximum Gasteiger partial charge on any atom is 0.289 e. The molecule has 0 unspecified atom stereocenters. The van der Waals surface area contributed by atoms with E-state index in [1.165, 1.54) is 11.1 Å². The second-order valence-corrected chi connectivity index (χ2v) is 7.06. The van der Waals surface area contributed by atoms with Crippen LogP contribution in [0.25, 0.3) is 17.0 Å². The highest BCUT2D eigenvalue weighted by Gasteiger charge is 2.24. The van der Waals surface area contributed by atoms with Gasteiger partial charge in [0.05, 0.1) is 0 Å². The van der Waals surface area contributed by atoms with Gasteiger partial charge in [0.25, 0.3) is 5.91 Å². The van der Waals surface area contributed by atoms with E-state index in [1.54, 1.807) is 0 Å². The van der Waals surface area contributed by atoms with Crippen molar-refractivity contribution in [3.05, 3.63) is 77.6 Å². The first-order valence-electron chi connectivity index (χ1n) is 9.42. The molecule has 4 heteroatoms. The largest absolute Gasteiger partial charge is 0.451 e. The number of hydrogen-bond acceptors (Lipinski definition) is 3. The third kappa shape index (κ3) is 4.12. The molecule has 0 atom stereocenters. The number of fused-ring (bicyclic) bond motifs is 1. The number of benzene rings is 2. The summed E-state index contributed by atoms with van der Waals surface area (Å²) in [4.78, 5) is 17.0.